The van der Waals surface area contributed by atoms with E-state index in [1.165, 1.54) is 0 Å². The molecule has 3 aromatic rings. The molecule has 0 unspecified atom stereocenters. The highest BCUT2D eigenvalue weighted by Gasteiger charge is 2.09. The summed E-state index contributed by atoms with van der Waals surface area (Å²) in [7, 11) is -1.45. The average Bonchev–Trinajstić information content (AvgIpc) is 2.64. The first-order chi connectivity index (χ1) is 12.2. The molecule has 0 aliphatic rings. The van der Waals surface area contributed by atoms with Crippen LogP contribution in [-0.4, -0.2) is 23.8 Å². The molecule has 0 aromatic heterocycles. The van der Waals surface area contributed by atoms with Crippen LogP contribution >= 0.6 is 0 Å². The fourth-order valence-corrected chi connectivity index (χ4v) is 2.37. The fourth-order valence-electron chi connectivity index (χ4n) is 2.37. The fraction of sp³-hybridized carbons (Fsp3) is 0.100. The van der Waals surface area contributed by atoms with Crippen LogP contribution in [0, 0.1) is 0 Å². The van der Waals surface area contributed by atoms with Gasteiger partial charge < -0.3 is 19.5 Å². The molecule has 0 radical (unpaired) electrons. The van der Waals surface area contributed by atoms with Crippen molar-refractivity contribution >= 4 is 12.6 Å². The lowest BCUT2D eigenvalue weighted by atomic mass is 9.80. The first-order valence-electron chi connectivity index (χ1n) is 8.11. The maximum atomic E-state index is 9.06. The van der Waals surface area contributed by atoms with Gasteiger partial charge in [-0.15, -0.1) is 0 Å². The van der Waals surface area contributed by atoms with Gasteiger partial charge in [0.05, 0.1) is 6.61 Å². The van der Waals surface area contributed by atoms with E-state index in [-0.39, 0.29) is 0 Å². The van der Waals surface area contributed by atoms with Crippen molar-refractivity contribution in [2.75, 3.05) is 6.61 Å². The van der Waals surface area contributed by atoms with Gasteiger partial charge in [-0.1, -0.05) is 42.5 Å². The summed E-state index contributed by atoms with van der Waals surface area (Å²) in [6.07, 6.45) is 0.774. The maximum absolute atomic E-state index is 9.06. The maximum Gasteiger partial charge on any atom is 0.488 e. The average molecular weight is 334 g/mol. The Bertz CT molecular complexity index is 771. The normalized spacial score (nSPS) is 10.3. The molecule has 4 nitrogen and oxygen atoms in total. The van der Waals surface area contributed by atoms with Crippen LogP contribution in [0.25, 0.3) is 0 Å². The molecule has 0 amide bonds. The minimum Gasteiger partial charge on any atom is -0.493 e. The quantitative estimate of drug-likeness (QED) is 0.653. The Kier molecular flexibility index (Phi) is 5.72. The molecule has 3 aromatic carbocycles. The third-order valence-electron chi connectivity index (χ3n) is 3.74. The van der Waals surface area contributed by atoms with Crippen LogP contribution in [0.4, 0.5) is 0 Å². The molecule has 0 fully saturated rings. The Morgan fingerprint density at radius 2 is 1.28 bits per heavy atom. The Balaban J connectivity index is 1.48. The van der Waals surface area contributed by atoms with Gasteiger partial charge in [-0.05, 0) is 47.4 Å². The van der Waals surface area contributed by atoms with E-state index in [0.29, 0.717) is 17.8 Å². The third-order valence-corrected chi connectivity index (χ3v) is 3.74. The van der Waals surface area contributed by atoms with Crippen molar-refractivity contribution in [2.45, 2.75) is 6.42 Å². The van der Waals surface area contributed by atoms with Gasteiger partial charge in [0, 0.05) is 6.42 Å². The van der Waals surface area contributed by atoms with Crippen molar-refractivity contribution in [2.24, 2.45) is 0 Å². The van der Waals surface area contributed by atoms with E-state index in [1.54, 1.807) is 24.3 Å². The molecular formula is C20H19BO4. The topological polar surface area (TPSA) is 58.9 Å². The van der Waals surface area contributed by atoms with E-state index in [1.807, 2.05) is 54.6 Å². The molecule has 0 aliphatic heterocycles. The number of para-hydroxylation sites is 1. The Hall–Kier alpha value is -2.76. The summed E-state index contributed by atoms with van der Waals surface area (Å²) in [5, 5.41) is 18.1. The van der Waals surface area contributed by atoms with Crippen molar-refractivity contribution in [3.05, 3.63) is 84.4 Å². The first kappa shape index (κ1) is 17.1. The molecule has 0 saturated carbocycles. The molecule has 3 rings (SSSR count). The Morgan fingerprint density at radius 3 is 1.92 bits per heavy atom. The lowest BCUT2D eigenvalue weighted by Crippen LogP contribution is -2.29. The highest BCUT2D eigenvalue weighted by atomic mass is 16.5. The van der Waals surface area contributed by atoms with Crippen molar-refractivity contribution in [3.63, 3.8) is 0 Å². The monoisotopic (exact) mass is 334 g/mol. The summed E-state index contributed by atoms with van der Waals surface area (Å²) in [6, 6.07) is 24.3. The molecule has 0 aliphatic carbocycles. The number of hydrogen-bond donors (Lipinski definition) is 2. The minimum atomic E-state index is -1.45. The molecule has 5 heteroatoms. The molecule has 0 saturated heterocycles. The largest absolute Gasteiger partial charge is 0.493 e. The van der Waals surface area contributed by atoms with Gasteiger partial charge in [-0.25, -0.2) is 0 Å². The van der Waals surface area contributed by atoms with E-state index in [9.17, 15) is 0 Å². The summed E-state index contributed by atoms with van der Waals surface area (Å²) in [6.45, 7) is 0.542. The highest BCUT2D eigenvalue weighted by Crippen LogP contribution is 2.21. The summed E-state index contributed by atoms with van der Waals surface area (Å²) in [5.74, 6) is 2.32. The summed E-state index contributed by atoms with van der Waals surface area (Å²) < 4.78 is 11.4. The van der Waals surface area contributed by atoms with Gasteiger partial charge in [0.25, 0.3) is 0 Å². The van der Waals surface area contributed by atoms with Crippen molar-refractivity contribution in [3.8, 4) is 17.2 Å². The lowest BCUT2D eigenvalue weighted by Gasteiger charge is -2.09. The van der Waals surface area contributed by atoms with Gasteiger partial charge in [0.2, 0.25) is 0 Å². The first-order valence-corrected chi connectivity index (χ1v) is 8.11. The van der Waals surface area contributed by atoms with Crippen LogP contribution in [0.3, 0.4) is 0 Å². The van der Waals surface area contributed by atoms with Crippen LogP contribution in [-0.2, 0) is 6.42 Å². The predicted molar refractivity (Wildman–Crippen MR) is 98.4 cm³/mol. The summed E-state index contributed by atoms with van der Waals surface area (Å²) in [4.78, 5) is 0. The second-order valence-electron chi connectivity index (χ2n) is 5.60. The highest BCUT2D eigenvalue weighted by molar-refractivity contribution is 6.58. The number of benzene rings is 3. The van der Waals surface area contributed by atoms with E-state index >= 15 is 0 Å². The Labute approximate surface area is 147 Å². The van der Waals surface area contributed by atoms with Gasteiger partial charge >= 0.3 is 7.12 Å². The molecule has 0 bridgehead atoms. The lowest BCUT2D eigenvalue weighted by molar-refractivity contribution is 0.322. The van der Waals surface area contributed by atoms with Gasteiger partial charge in [-0.2, -0.15) is 0 Å². The van der Waals surface area contributed by atoms with E-state index in [0.717, 1.165) is 23.5 Å². The van der Waals surface area contributed by atoms with Crippen LogP contribution in [0.2, 0.25) is 0 Å². The molecule has 2 N–H and O–H groups in total. The van der Waals surface area contributed by atoms with Gasteiger partial charge in [-0.3, -0.25) is 0 Å². The van der Waals surface area contributed by atoms with Crippen molar-refractivity contribution in [1.29, 1.82) is 0 Å². The van der Waals surface area contributed by atoms with E-state index in [2.05, 4.69) is 0 Å². The van der Waals surface area contributed by atoms with Crippen molar-refractivity contribution in [1.82, 2.24) is 0 Å². The zero-order valence-corrected chi connectivity index (χ0v) is 13.7. The van der Waals surface area contributed by atoms with E-state index in [4.69, 9.17) is 19.5 Å². The molecule has 126 valence electrons. The van der Waals surface area contributed by atoms with Crippen LogP contribution in [0.15, 0.2) is 78.9 Å². The van der Waals surface area contributed by atoms with Crippen LogP contribution in [0.5, 0.6) is 17.2 Å². The molecule has 25 heavy (non-hydrogen) atoms. The minimum absolute atomic E-state index is 0.446. The van der Waals surface area contributed by atoms with Crippen LogP contribution in [0.1, 0.15) is 5.56 Å². The Morgan fingerprint density at radius 1 is 0.680 bits per heavy atom. The second kappa shape index (κ2) is 8.37. The molecule has 0 heterocycles. The van der Waals surface area contributed by atoms with Crippen molar-refractivity contribution < 1.29 is 19.5 Å². The summed E-state index contributed by atoms with van der Waals surface area (Å²) in [5.41, 5.74) is 1.60. The molecular weight excluding hydrogens is 315 g/mol. The number of hydrogen-bond acceptors (Lipinski definition) is 4. The third kappa shape index (κ3) is 5.11. The van der Waals surface area contributed by atoms with Gasteiger partial charge in [0.15, 0.2) is 0 Å². The summed E-state index contributed by atoms with van der Waals surface area (Å²) >= 11 is 0. The number of ether oxygens (including phenoxy) is 2. The van der Waals surface area contributed by atoms with Crippen LogP contribution < -0.4 is 14.9 Å². The molecule has 0 spiro atoms. The zero-order chi connectivity index (χ0) is 17.5. The second-order valence-corrected chi connectivity index (χ2v) is 5.60. The molecule has 0 atom stereocenters. The van der Waals surface area contributed by atoms with E-state index < -0.39 is 7.12 Å². The van der Waals surface area contributed by atoms with Gasteiger partial charge in [0.1, 0.15) is 17.2 Å². The SMILES string of the molecule is OB(O)c1ccc(OCCc2ccc(Oc3ccccc3)cc2)cc1. The predicted octanol–water partition coefficient (Wildman–Crippen LogP) is 2.78. The smallest absolute Gasteiger partial charge is 0.488 e. The standard InChI is InChI=1S/C20H19BO4/c22-21(23)17-8-12-18(13-9-17)24-15-14-16-6-10-20(11-7-16)25-19-4-2-1-3-5-19/h1-13,22-23H,14-15H2. The zero-order valence-electron chi connectivity index (χ0n) is 13.7. The number of rotatable bonds is 7.